The van der Waals surface area contributed by atoms with Gasteiger partial charge in [0.2, 0.25) is 0 Å². The van der Waals surface area contributed by atoms with Gasteiger partial charge in [0.15, 0.2) is 0 Å². The Morgan fingerprint density at radius 1 is 0.542 bits per heavy atom. The molecule has 1 rings (SSSR count). The first kappa shape index (κ1) is 20.9. The summed E-state index contributed by atoms with van der Waals surface area (Å²) in [6.45, 7) is 0. The molecule has 1 fully saturated rings. The number of hydrogen-bond donors (Lipinski definition) is 0. The second-order valence-corrected chi connectivity index (χ2v) is 4.17. The van der Waals surface area contributed by atoms with Crippen LogP contribution < -0.4 is 0 Å². The van der Waals surface area contributed by atoms with E-state index >= 15 is 0 Å². The van der Waals surface area contributed by atoms with Crippen LogP contribution in [0, 0.1) is 0 Å². The third-order valence-electron chi connectivity index (χ3n) is 2.58. The third-order valence-corrected chi connectivity index (χ3v) is 2.58. The number of rotatable bonds is 1. The first-order valence-corrected chi connectivity index (χ1v) is 4.91. The summed E-state index contributed by atoms with van der Waals surface area (Å²) in [5.41, 5.74) is 0. The molecule has 1 heterocycles. The van der Waals surface area contributed by atoms with Crippen LogP contribution >= 0.6 is 0 Å². The second-order valence-electron chi connectivity index (χ2n) is 4.17. The second kappa shape index (κ2) is 4.73. The zero-order valence-electron chi connectivity index (χ0n) is 10.0. The van der Waals surface area contributed by atoms with Crippen LogP contribution in [-0.2, 0) is 4.74 Å². The number of alkyl halides is 15. The van der Waals surface area contributed by atoms with Gasteiger partial charge in [-0.15, -0.1) is 4.90 Å². The molecule has 1 aliphatic rings. The summed E-state index contributed by atoms with van der Waals surface area (Å²) >= 11 is 0. The number of ether oxygens (including phenoxy) is 1. The molecule has 0 aromatic heterocycles. The topological polar surface area (TPSA) is 12.5 Å². The zero-order valence-corrected chi connectivity index (χ0v) is 10.0. The van der Waals surface area contributed by atoms with Crippen LogP contribution in [0.25, 0.3) is 0 Å². The monoisotopic (exact) mass is 399 g/mol. The quantitative estimate of drug-likeness (QED) is 0.477. The molecule has 0 atom stereocenters. The van der Waals surface area contributed by atoms with Crippen molar-refractivity contribution < 1.29 is 70.6 Å². The molecular weight excluding hydrogens is 399 g/mol. The molecule has 0 unspecified atom stereocenters. The Morgan fingerprint density at radius 3 is 1.00 bits per heavy atom. The van der Waals surface area contributed by atoms with Crippen molar-refractivity contribution in [3.63, 3.8) is 0 Å². The van der Waals surface area contributed by atoms with Gasteiger partial charge in [-0.3, -0.25) is 0 Å². The van der Waals surface area contributed by atoms with Crippen LogP contribution in [0.2, 0.25) is 0 Å². The predicted octanol–water partition coefficient (Wildman–Crippen LogP) is 4.48. The van der Waals surface area contributed by atoms with E-state index in [4.69, 9.17) is 0 Å². The standard InChI is InChI=1S/C7F15NO/c8-1(2(9,10)11,3(12,13)14)23-4(15,16)6(19,20)24-7(21,22)5(23,17)18. The Labute approximate surface area is 119 Å². The van der Waals surface area contributed by atoms with Crippen LogP contribution in [0.15, 0.2) is 0 Å². The summed E-state index contributed by atoms with van der Waals surface area (Å²) < 4.78 is 191. The van der Waals surface area contributed by atoms with Crippen molar-refractivity contribution in [2.24, 2.45) is 0 Å². The molecule has 0 bridgehead atoms. The molecular formula is C7F15NO. The highest BCUT2D eigenvalue weighted by Gasteiger charge is 2.93. The molecule has 0 amide bonds. The van der Waals surface area contributed by atoms with Gasteiger partial charge in [0, 0.05) is 0 Å². The van der Waals surface area contributed by atoms with Gasteiger partial charge in [0.1, 0.15) is 0 Å². The maximum absolute atomic E-state index is 13.4. The van der Waals surface area contributed by atoms with Crippen molar-refractivity contribution in [3.05, 3.63) is 0 Å². The lowest BCUT2D eigenvalue weighted by Gasteiger charge is -2.51. The Balaban J connectivity index is 3.89. The molecule has 0 radical (unpaired) electrons. The first-order chi connectivity index (χ1) is 10.1. The van der Waals surface area contributed by atoms with Crippen molar-refractivity contribution in [2.45, 2.75) is 42.5 Å². The first-order valence-electron chi connectivity index (χ1n) is 4.91. The molecule has 0 saturated carbocycles. The zero-order chi connectivity index (χ0) is 19.8. The summed E-state index contributed by atoms with van der Waals surface area (Å²) in [4.78, 5) is -4.28. The summed E-state index contributed by atoms with van der Waals surface area (Å²) in [6, 6.07) is -15.0. The molecule has 0 aromatic rings. The summed E-state index contributed by atoms with van der Waals surface area (Å²) in [5.74, 6) is -7.98. The molecule has 2 nitrogen and oxygen atoms in total. The Bertz CT molecular complexity index is 463. The lowest BCUT2D eigenvalue weighted by atomic mass is 10.1. The van der Waals surface area contributed by atoms with Gasteiger partial charge in [0.25, 0.3) is 0 Å². The number of halogens is 15. The maximum atomic E-state index is 13.4. The Morgan fingerprint density at radius 2 is 0.792 bits per heavy atom. The van der Waals surface area contributed by atoms with E-state index in [2.05, 4.69) is 0 Å². The van der Waals surface area contributed by atoms with Gasteiger partial charge < -0.3 is 0 Å². The molecule has 0 N–H and O–H groups in total. The highest BCUT2D eigenvalue weighted by Crippen LogP contribution is 2.63. The Hall–Kier alpha value is -1.13. The van der Waals surface area contributed by atoms with E-state index in [-0.39, 0.29) is 0 Å². The van der Waals surface area contributed by atoms with Gasteiger partial charge in [-0.05, 0) is 0 Å². The number of nitrogens with zero attached hydrogens (tertiary/aromatic N) is 1. The van der Waals surface area contributed by atoms with Crippen molar-refractivity contribution in [1.29, 1.82) is 0 Å². The Kier molecular flexibility index (Phi) is 4.12. The van der Waals surface area contributed by atoms with E-state index in [9.17, 15) is 65.9 Å². The smallest absolute Gasteiger partial charge is 0.243 e. The van der Waals surface area contributed by atoms with Crippen molar-refractivity contribution in [1.82, 2.24) is 4.90 Å². The van der Waals surface area contributed by atoms with E-state index in [0.717, 1.165) is 0 Å². The molecule has 144 valence electrons. The van der Waals surface area contributed by atoms with Gasteiger partial charge in [-0.1, -0.05) is 0 Å². The minimum atomic E-state index is -7.98. The lowest BCUT2D eigenvalue weighted by molar-refractivity contribution is -0.599. The minimum absolute atomic E-state index is 1.63. The normalized spacial score (nSPS) is 27.1. The average Bonchev–Trinajstić information content (AvgIpc) is 2.21. The number of hydrogen-bond acceptors (Lipinski definition) is 2. The highest BCUT2D eigenvalue weighted by atomic mass is 19.4. The fourth-order valence-electron chi connectivity index (χ4n) is 1.52. The highest BCUT2D eigenvalue weighted by molar-refractivity contribution is 5.06. The molecule has 1 aliphatic heterocycles. The van der Waals surface area contributed by atoms with E-state index < -0.39 is 47.4 Å². The van der Waals surface area contributed by atoms with Crippen LogP contribution in [0.1, 0.15) is 0 Å². The van der Waals surface area contributed by atoms with Gasteiger partial charge in [-0.2, -0.15) is 61.5 Å². The average molecular weight is 399 g/mol. The summed E-state index contributed by atoms with van der Waals surface area (Å²) in [7, 11) is 0. The lowest BCUT2D eigenvalue weighted by Crippen LogP contribution is -2.83. The third kappa shape index (κ3) is 2.38. The fraction of sp³-hybridized carbons (Fsp3) is 1.00. The summed E-state index contributed by atoms with van der Waals surface area (Å²) in [5, 5.41) is 0. The summed E-state index contributed by atoms with van der Waals surface area (Å²) in [6.07, 6.45) is -29.7. The predicted molar refractivity (Wildman–Crippen MR) is 38.7 cm³/mol. The van der Waals surface area contributed by atoms with E-state index in [1.54, 1.807) is 4.74 Å². The van der Waals surface area contributed by atoms with Gasteiger partial charge in [-0.25, -0.2) is 9.13 Å². The van der Waals surface area contributed by atoms with Crippen LogP contribution in [0.5, 0.6) is 0 Å². The van der Waals surface area contributed by atoms with Crippen molar-refractivity contribution in [3.8, 4) is 0 Å². The molecule has 1 saturated heterocycles. The SMILES string of the molecule is FC(F)(F)C(F)(N1C(F)(F)C(F)(F)OC(F)(F)C1(F)F)C(F)(F)F. The molecule has 0 aliphatic carbocycles. The van der Waals surface area contributed by atoms with Crippen molar-refractivity contribution in [2.75, 3.05) is 0 Å². The van der Waals surface area contributed by atoms with Crippen LogP contribution in [0.4, 0.5) is 65.9 Å². The molecule has 24 heavy (non-hydrogen) atoms. The minimum Gasteiger partial charge on any atom is -0.243 e. The van der Waals surface area contributed by atoms with Crippen LogP contribution in [-0.4, -0.2) is 47.4 Å². The largest absolute Gasteiger partial charge is 0.446 e. The van der Waals surface area contributed by atoms with Gasteiger partial charge >= 0.3 is 42.5 Å². The maximum Gasteiger partial charge on any atom is 0.446 e. The van der Waals surface area contributed by atoms with Crippen LogP contribution in [0.3, 0.4) is 0 Å². The van der Waals surface area contributed by atoms with Gasteiger partial charge in [0.05, 0.1) is 0 Å². The molecule has 0 spiro atoms. The fourth-order valence-corrected chi connectivity index (χ4v) is 1.52. The van der Waals surface area contributed by atoms with Crippen molar-refractivity contribution >= 4 is 0 Å². The number of morpholine rings is 1. The van der Waals surface area contributed by atoms with E-state index in [1.165, 1.54) is 0 Å². The molecule has 17 heteroatoms. The van der Waals surface area contributed by atoms with E-state index in [0.29, 0.717) is 0 Å². The molecule has 0 aromatic carbocycles. The van der Waals surface area contributed by atoms with E-state index in [1.807, 2.05) is 0 Å².